The predicted octanol–water partition coefficient (Wildman–Crippen LogP) is 3.86. The highest BCUT2D eigenvalue weighted by Crippen LogP contribution is 2.22. The minimum absolute atomic E-state index is 0.702. The maximum absolute atomic E-state index is 5.97. The number of benzene rings is 2. The summed E-state index contributed by atoms with van der Waals surface area (Å²) in [6.07, 6.45) is 1.05. The number of rotatable bonds is 7. The van der Waals surface area contributed by atoms with E-state index in [1.54, 1.807) is 6.07 Å². The number of hydrogen-bond acceptors (Lipinski definition) is 3. The molecule has 0 saturated heterocycles. The third-order valence-electron chi connectivity index (χ3n) is 3.34. The summed E-state index contributed by atoms with van der Waals surface area (Å²) in [4.78, 5) is 2.32. The first-order valence-corrected chi connectivity index (χ1v) is 7.54. The highest BCUT2D eigenvalue weighted by Gasteiger charge is 2.02. The summed E-state index contributed by atoms with van der Waals surface area (Å²) in [5.74, 6) is 0. The molecule has 0 fully saturated rings. The van der Waals surface area contributed by atoms with Crippen LogP contribution < -0.4 is 11.1 Å². The molecule has 21 heavy (non-hydrogen) atoms. The fraction of sp³-hybridized carbons (Fsp3) is 0.294. The van der Waals surface area contributed by atoms with E-state index in [9.17, 15) is 0 Å². The minimum atomic E-state index is 0.702. The Labute approximate surface area is 131 Å². The highest BCUT2D eigenvalue weighted by molar-refractivity contribution is 6.31. The van der Waals surface area contributed by atoms with Crippen molar-refractivity contribution in [3.05, 3.63) is 59.1 Å². The minimum Gasteiger partial charge on any atom is -0.397 e. The van der Waals surface area contributed by atoms with Gasteiger partial charge in [0.2, 0.25) is 0 Å². The summed E-state index contributed by atoms with van der Waals surface area (Å²) in [6.45, 7) is 2.88. The Morgan fingerprint density at radius 2 is 1.90 bits per heavy atom. The molecule has 3 nitrogen and oxygen atoms in total. The molecule has 2 aromatic rings. The van der Waals surface area contributed by atoms with E-state index in [0.29, 0.717) is 5.02 Å². The molecule has 0 spiro atoms. The van der Waals surface area contributed by atoms with Gasteiger partial charge >= 0.3 is 0 Å². The lowest BCUT2D eigenvalue weighted by molar-refractivity contribution is 0.325. The van der Waals surface area contributed by atoms with Crippen LogP contribution in [0.25, 0.3) is 0 Å². The monoisotopic (exact) mass is 303 g/mol. The number of anilines is 2. The molecule has 0 unspecified atom stereocenters. The Morgan fingerprint density at radius 1 is 1.14 bits per heavy atom. The third kappa shape index (κ3) is 5.29. The van der Waals surface area contributed by atoms with Crippen LogP contribution in [-0.4, -0.2) is 25.0 Å². The molecule has 0 aliphatic rings. The Kier molecular flexibility index (Phi) is 5.90. The number of halogens is 1. The molecule has 0 radical (unpaired) electrons. The van der Waals surface area contributed by atoms with Gasteiger partial charge in [0, 0.05) is 18.1 Å². The lowest BCUT2D eigenvalue weighted by Gasteiger charge is -2.17. The van der Waals surface area contributed by atoms with Gasteiger partial charge in [0.25, 0.3) is 0 Å². The van der Waals surface area contributed by atoms with Gasteiger partial charge in [0.15, 0.2) is 0 Å². The summed E-state index contributed by atoms with van der Waals surface area (Å²) < 4.78 is 0. The molecule has 0 aliphatic heterocycles. The van der Waals surface area contributed by atoms with Crippen LogP contribution in [0.2, 0.25) is 5.02 Å². The average Bonchev–Trinajstić information content (AvgIpc) is 2.48. The van der Waals surface area contributed by atoms with E-state index in [-0.39, 0.29) is 0 Å². The molecule has 0 aromatic heterocycles. The highest BCUT2D eigenvalue weighted by atomic mass is 35.5. The second-order valence-electron chi connectivity index (χ2n) is 5.24. The zero-order valence-electron chi connectivity index (χ0n) is 12.3. The Morgan fingerprint density at radius 3 is 2.67 bits per heavy atom. The van der Waals surface area contributed by atoms with Crippen LogP contribution in [0.15, 0.2) is 48.5 Å². The van der Waals surface area contributed by atoms with Gasteiger partial charge < -0.3 is 16.0 Å². The van der Waals surface area contributed by atoms with E-state index in [4.69, 9.17) is 17.3 Å². The molecule has 2 rings (SSSR count). The van der Waals surface area contributed by atoms with E-state index >= 15 is 0 Å². The van der Waals surface area contributed by atoms with E-state index in [1.807, 2.05) is 18.2 Å². The first-order valence-electron chi connectivity index (χ1n) is 7.16. The smallest absolute Gasteiger partial charge is 0.0588 e. The summed E-state index contributed by atoms with van der Waals surface area (Å²) in [5.41, 5.74) is 8.89. The maximum atomic E-state index is 5.97. The summed E-state index contributed by atoms with van der Waals surface area (Å²) >= 11 is 5.97. The van der Waals surface area contributed by atoms with Crippen molar-refractivity contribution < 1.29 is 0 Å². The predicted molar refractivity (Wildman–Crippen MR) is 91.7 cm³/mol. The quantitative estimate of drug-likeness (QED) is 0.603. The first kappa shape index (κ1) is 15.7. The fourth-order valence-corrected chi connectivity index (χ4v) is 2.40. The van der Waals surface area contributed by atoms with Gasteiger partial charge in [-0.25, -0.2) is 0 Å². The van der Waals surface area contributed by atoms with Gasteiger partial charge in [-0.2, -0.15) is 0 Å². The van der Waals surface area contributed by atoms with Crippen molar-refractivity contribution in [3.8, 4) is 0 Å². The topological polar surface area (TPSA) is 41.3 Å². The second-order valence-corrected chi connectivity index (χ2v) is 5.67. The molecular weight excluding hydrogens is 282 g/mol. The number of nitrogens with one attached hydrogen (secondary N) is 1. The van der Waals surface area contributed by atoms with Crippen LogP contribution in [0.5, 0.6) is 0 Å². The maximum Gasteiger partial charge on any atom is 0.0588 e. The van der Waals surface area contributed by atoms with Crippen LogP contribution in [0, 0.1) is 0 Å². The molecule has 0 heterocycles. The average molecular weight is 304 g/mol. The molecule has 0 amide bonds. The van der Waals surface area contributed by atoms with Crippen LogP contribution in [0.4, 0.5) is 11.4 Å². The van der Waals surface area contributed by atoms with Crippen LogP contribution in [0.1, 0.15) is 12.0 Å². The summed E-state index contributed by atoms with van der Waals surface area (Å²) in [6, 6.07) is 16.0. The SMILES string of the molecule is CN(CCCNc1cc(Cl)ccc1N)Cc1ccccc1. The molecule has 112 valence electrons. The zero-order valence-corrected chi connectivity index (χ0v) is 13.1. The number of nitrogen functional groups attached to an aromatic ring is 1. The fourth-order valence-electron chi connectivity index (χ4n) is 2.23. The molecule has 0 atom stereocenters. The van der Waals surface area contributed by atoms with Crippen molar-refractivity contribution in [3.63, 3.8) is 0 Å². The van der Waals surface area contributed by atoms with Gasteiger partial charge in [-0.1, -0.05) is 41.9 Å². The van der Waals surface area contributed by atoms with Gasteiger partial charge in [0.1, 0.15) is 0 Å². The lowest BCUT2D eigenvalue weighted by atomic mass is 10.2. The summed E-state index contributed by atoms with van der Waals surface area (Å²) in [5, 5.41) is 4.04. The molecular formula is C17H22ClN3. The Balaban J connectivity index is 1.71. The van der Waals surface area contributed by atoms with Crippen LogP contribution in [-0.2, 0) is 6.54 Å². The zero-order chi connectivity index (χ0) is 15.1. The second kappa shape index (κ2) is 7.91. The van der Waals surface area contributed by atoms with Gasteiger partial charge in [-0.05, 0) is 43.8 Å². The van der Waals surface area contributed by atoms with Crippen molar-refractivity contribution in [1.29, 1.82) is 0 Å². The standard InChI is InChI=1S/C17H22ClN3/c1-21(13-14-6-3-2-4-7-14)11-5-10-20-17-12-15(18)8-9-16(17)19/h2-4,6-9,12,20H,5,10-11,13,19H2,1H3. The molecule has 2 aromatic carbocycles. The number of hydrogen-bond donors (Lipinski definition) is 2. The van der Waals surface area contributed by atoms with Crippen molar-refractivity contribution in [2.24, 2.45) is 0 Å². The largest absolute Gasteiger partial charge is 0.397 e. The molecule has 3 N–H and O–H groups in total. The molecule has 0 saturated carbocycles. The van der Waals surface area contributed by atoms with Gasteiger partial charge in [0.05, 0.1) is 11.4 Å². The normalized spacial score (nSPS) is 10.8. The van der Waals surface area contributed by atoms with Crippen molar-refractivity contribution in [1.82, 2.24) is 4.90 Å². The van der Waals surface area contributed by atoms with E-state index in [0.717, 1.165) is 37.4 Å². The van der Waals surface area contributed by atoms with Crippen molar-refractivity contribution >= 4 is 23.0 Å². The molecule has 4 heteroatoms. The molecule has 0 bridgehead atoms. The van der Waals surface area contributed by atoms with E-state index in [2.05, 4.69) is 41.5 Å². The van der Waals surface area contributed by atoms with Gasteiger partial charge in [-0.3, -0.25) is 0 Å². The van der Waals surface area contributed by atoms with Gasteiger partial charge in [-0.15, -0.1) is 0 Å². The van der Waals surface area contributed by atoms with E-state index < -0.39 is 0 Å². The Hall–Kier alpha value is -1.71. The number of nitrogens with two attached hydrogens (primary N) is 1. The number of nitrogens with zero attached hydrogens (tertiary/aromatic N) is 1. The van der Waals surface area contributed by atoms with Crippen molar-refractivity contribution in [2.45, 2.75) is 13.0 Å². The Bertz CT molecular complexity index is 557. The summed E-state index contributed by atoms with van der Waals surface area (Å²) in [7, 11) is 2.14. The lowest BCUT2D eigenvalue weighted by Crippen LogP contribution is -2.21. The van der Waals surface area contributed by atoms with Crippen LogP contribution in [0.3, 0.4) is 0 Å². The van der Waals surface area contributed by atoms with Crippen molar-refractivity contribution in [2.75, 3.05) is 31.2 Å². The third-order valence-corrected chi connectivity index (χ3v) is 3.58. The van der Waals surface area contributed by atoms with Crippen LogP contribution >= 0.6 is 11.6 Å². The van der Waals surface area contributed by atoms with E-state index in [1.165, 1.54) is 5.56 Å². The first-order chi connectivity index (χ1) is 10.1. The molecule has 0 aliphatic carbocycles.